The fourth-order valence-electron chi connectivity index (χ4n) is 3.91. The van der Waals surface area contributed by atoms with E-state index in [1.165, 1.54) is 0 Å². The van der Waals surface area contributed by atoms with E-state index in [1.54, 1.807) is 4.90 Å². The number of carbonyl (C=O) groups excluding carboxylic acids is 1. The van der Waals surface area contributed by atoms with Gasteiger partial charge in [-0.15, -0.1) is 0 Å². The average molecular weight is 332 g/mol. The third-order valence-electron chi connectivity index (χ3n) is 5.33. The van der Waals surface area contributed by atoms with Gasteiger partial charge in [0.2, 0.25) is 5.91 Å². The van der Waals surface area contributed by atoms with Gasteiger partial charge in [0.15, 0.2) is 0 Å². The summed E-state index contributed by atoms with van der Waals surface area (Å²) in [5.41, 5.74) is 1.14. The lowest BCUT2D eigenvalue weighted by atomic mass is 9.94. The summed E-state index contributed by atoms with van der Waals surface area (Å²) in [4.78, 5) is 16.6. The summed E-state index contributed by atoms with van der Waals surface area (Å²) >= 11 is 0. The van der Waals surface area contributed by atoms with Crippen molar-refractivity contribution in [2.24, 2.45) is 5.92 Å². The molecule has 1 aromatic carbocycles. The van der Waals surface area contributed by atoms with Crippen molar-refractivity contribution in [2.75, 3.05) is 33.4 Å². The number of likely N-dealkylation sites (N-methyl/N-ethyl adjacent to an activating group) is 1. The number of aliphatic hydroxyl groups is 1. The van der Waals surface area contributed by atoms with E-state index in [1.807, 2.05) is 37.4 Å². The van der Waals surface area contributed by atoms with E-state index in [0.29, 0.717) is 26.3 Å². The van der Waals surface area contributed by atoms with Crippen molar-refractivity contribution in [3.63, 3.8) is 0 Å². The monoisotopic (exact) mass is 332 g/mol. The maximum absolute atomic E-state index is 12.6. The second-order valence-corrected chi connectivity index (χ2v) is 7.01. The number of hydrogen-bond donors (Lipinski definition) is 1. The summed E-state index contributed by atoms with van der Waals surface area (Å²) in [6, 6.07) is 10.2. The molecule has 5 heteroatoms. The van der Waals surface area contributed by atoms with Gasteiger partial charge in [-0.1, -0.05) is 36.8 Å². The lowest BCUT2D eigenvalue weighted by Crippen LogP contribution is -2.54. The molecule has 0 bridgehead atoms. The number of aliphatic hydroxyl groups excluding tert-OH is 1. The molecule has 1 amide bonds. The first-order valence-corrected chi connectivity index (χ1v) is 8.93. The summed E-state index contributed by atoms with van der Waals surface area (Å²) in [6.07, 6.45) is 2.71. The molecule has 1 saturated heterocycles. The van der Waals surface area contributed by atoms with Crippen molar-refractivity contribution in [1.82, 2.24) is 9.80 Å². The Morgan fingerprint density at radius 1 is 1.33 bits per heavy atom. The Morgan fingerprint density at radius 2 is 2.12 bits per heavy atom. The first-order valence-electron chi connectivity index (χ1n) is 8.93. The molecule has 132 valence electrons. The molecule has 3 rings (SSSR count). The zero-order chi connectivity index (χ0) is 16.9. The molecule has 5 nitrogen and oxygen atoms in total. The second kappa shape index (κ2) is 8.10. The van der Waals surface area contributed by atoms with Gasteiger partial charge in [-0.3, -0.25) is 9.69 Å². The minimum atomic E-state index is -0.253. The highest BCUT2D eigenvalue weighted by Crippen LogP contribution is 2.32. The number of hydrogen-bond acceptors (Lipinski definition) is 4. The van der Waals surface area contributed by atoms with Crippen molar-refractivity contribution in [3.05, 3.63) is 35.9 Å². The van der Waals surface area contributed by atoms with E-state index < -0.39 is 0 Å². The number of ether oxygens (including phenoxy) is 1. The second-order valence-electron chi connectivity index (χ2n) is 7.01. The lowest BCUT2D eigenvalue weighted by Gasteiger charge is -2.40. The fraction of sp³-hybridized carbons (Fsp3) is 0.632. The molecular weight excluding hydrogens is 304 g/mol. The molecule has 0 spiro atoms. The van der Waals surface area contributed by atoms with Crippen LogP contribution in [0.3, 0.4) is 0 Å². The summed E-state index contributed by atoms with van der Waals surface area (Å²) in [5, 5.41) is 10.2. The molecule has 1 heterocycles. The standard InChI is InChI=1S/C19H28N2O3/c1-20(12-15-6-3-2-4-7-15)19(23)13-21-10-11-24-14-17(21)16-8-5-9-18(16)22/h2-4,6-7,16-18,22H,5,8-14H2,1H3/t16-,17-,18-/m1/s1. The molecular formula is C19H28N2O3. The Bertz CT molecular complexity index is 537. The van der Waals surface area contributed by atoms with Gasteiger partial charge in [-0.05, 0) is 18.4 Å². The van der Waals surface area contributed by atoms with E-state index in [0.717, 1.165) is 31.4 Å². The van der Waals surface area contributed by atoms with Crippen LogP contribution >= 0.6 is 0 Å². The van der Waals surface area contributed by atoms with E-state index >= 15 is 0 Å². The van der Waals surface area contributed by atoms with Crippen LogP contribution in [0.4, 0.5) is 0 Å². The van der Waals surface area contributed by atoms with Gasteiger partial charge in [0, 0.05) is 32.1 Å². The Kier molecular flexibility index (Phi) is 5.87. The Morgan fingerprint density at radius 3 is 2.83 bits per heavy atom. The predicted molar refractivity (Wildman–Crippen MR) is 92.4 cm³/mol. The van der Waals surface area contributed by atoms with E-state index in [9.17, 15) is 9.90 Å². The van der Waals surface area contributed by atoms with Gasteiger partial charge < -0.3 is 14.7 Å². The zero-order valence-corrected chi connectivity index (χ0v) is 14.4. The molecule has 3 atom stereocenters. The smallest absolute Gasteiger partial charge is 0.236 e. The van der Waals surface area contributed by atoms with Crippen LogP contribution in [0.25, 0.3) is 0 Å². The summed E-state index contributed by atoms with van der Waals surface area (Å²) < 4.78 is 5.63. The van der Waals surface area contributed by atoms with Gasteiger partial charge >= 0.3 is 0 Å². The number of morpholine rings is 1. The summed E-state index contributed by atoms with van der Waals surface area (Å²) in [6.45, 7) is 3.08. The molecule has 1 aromatic rings. The highest BCUT2D eigenvalue weighted by Gasteiger charge is 2.38. The first kappa shape index (κ1) is 17.4. The largest absolute Gasteiger partial charge is 0.393 e. The molecule has 1 saturated carbocycles. The third-order valence-corrected chi connectivity index (χ3v) is 5.33. The van der Waals surface area contributed by atoms with Gasteiger partial charge in [0.05, 0.1) is 25.9 Å². The van der Waals surface area contributed by atoms with Crippen molar-refractivity contribution >= 4 is 5.91 Å². The maximum Gasteiger partial charge on any atom is 0.236 e. The van der Waals surface area contributed by atoms with Crippen molar-refractivity contribution in [2.45, 2.75) is 38.0 Å². The van der Waals surface area contributed by atoms with Crippen LogP contribution in [0, 0.1) is 5.92 Å². The minimum absolute atomic E-state index is 0.123. The van der Waals surface area contributed by atoms with Crippen molar-refractivity contribution in [3.8, 4) is 0 Å². The highest BCUT2D eigenvalue weighted by molar-refractivity contribution is 5.78. The van der Waals surface area contributed by atoms with Crippen molar-refractivity contribution < 1.29 is 14.6 Å². The van der Waals surface area contributed by atoms with E-state index in [4.69, 9.17) is 4.74 Å². The SMILES string of the molecule is CN(Cc1ccccc1)C(=O)CN1CCOC[C@@H]1[C@H]1CCC[C@H]1O. The van der Waals surface area contributed by atoms with Gasteiger partial charge in [-0.25, -0.2) is 0 Å². The van der Waals surface area contributed by atoms with Crippen LogP contribution in [-0.2, 0) is 16.1 Å². The predicted octanol–water partition coefficient (Wildman–Crippen LogP) is 1.51. The van der Waals surface area contributed by atoms with Crippen LogP contribution in [0.5, 0.6) is 0 Å². The van der Waals surface area contributed by atoms with Gasteiger partial charge in [-0.2, -0.15) is 0 Å². The average Bonchev–Trinajstić information content (AvgIpc) is 3.02. The molecule has 0 aromatic heterocycles. The summed E-state index contributed by atoms with van der Waals surface area (Å²) in [5.74, 6) is 0.357. The van der Waals surface area contributed by atoms with Gasteiger partial charge in [0.25, 0.3) is 0 Å². The molecule has 1 aliphatic heterocycles. The Labute approximate surface area is 144 Å². The van der Waals surface area contributed by atoms with Gasteiger partial charge in [0.1, 0.15) is 0 Å². The zero-order valence-electron chi connectivity index (χ0n) is 14.4. The molecule has 2 fully saturated rings. The summed E-state index contributed by atoms with van der Waals surface area (Å²) in [7, 11) is 1.86. The van der Waals surface area contributed by atoms with Crippen LogP contribution in [0.1, 0.15) is 24.8 Å². The van der Waals surface area contributed by atoms with Crippen LogP contribution < -0.4 is 0 Å². The number of nitrogens with zero attached hydrogens (tertiary/aromatic N) is 2. The first-order chi connectivity index (χ1) is 11.6. The van der Waals surface area contributed by atoms with Crippen LogP contribution in [-0.4, -0.2) is 66.3 Å². The molecule has 24 heavy (non-hydrogen) atoms. The van der Waals surface area contributed by atoms with E-state index in [2.05, 4.69) is 4.90 Å². The number of carbonyl (C=O) groups is 1. The molecule has 0 unspecified atom stereocenters. The Balaban J connectivity index is 1.59. The molecule has 0 radical (unpaired) electrons. The van der Waals surface area contributed by atoms with Crippen LogP contribution in [0.15, 0.2) is 30.3 Å². The quantitative estimate of drug-likeness (QED) is 0.888. The molecule has 1 aliphatic carbocycles. The fourth-order valence-corrected chi connectivity index (χ4v) is 3.91. The normalized spacial score (nSPS) is 28.0. The molecule has 1 N–H and O–H groups in total. The van der Waals surface area contributed by atoms with Crippen molar-refractivity contribution in [1.29, 1.82) is 0 Å². The maximum atomic E-state index is 12.6. The number of amides is 1. The van der Waals surface area contributed by atoms with E-state index in [-0.39, 0.29) is 24.0 Å². The minimum Gasteiger partial charge on any atom is -0.393 e. The number of rotatable bonds is 5. The lowest BCUT2D eigenvalue weighted by molar-refractivity contribution is -0.135. The Hall–Kier alpha value is -1.43. The topological polar surface area (TPSA) is 53.0 Å². The van der Waals surface area contributed by atoms with Crippen LogP contribution in [0.2, 0.25) is 0 Å². The molecule has 2 aliphatic rings. The third kappa shape index (κ3) is 4.15. The number of benzene rings is 1. The highest BCUT2D eigenvalue weighted by atomic mass is 16.5.